The summed E-state index contributed by atoms with van der Waals surface area (Å²) in [5.41, 5.74) is 2.59. The van der Waals surface area contributed by atoms with Crippen LogP contribution in [0.1, 0.15) is 44.5 Å². The molecular weight excluding hydrogens is 318 g/mol. The third-order valence-corrected chi connectivity index (χ3v) is 5.95. The van der Waals surface area contributed by atoms with Crippen molar-refractivity contribution >= 4 is 21.7 Å². The summed E-state index contributed by atoms with van der Waals surface area (Å²) in [6, 6.07) is 7.90. The zero-order chi connectivity index (χ0) is 13.9. The summed E-state index contributed by atoms with van der Waals surface area (Å²) < 4.78 is 5.70. The van der Waals surface area contributed by atoms with Crippen molar-refractivity contribution in [1.82, 2.24) is 4.98 Å². The highest BCUT2D eigenvalue weighted by atomic mass is 79.9. The lowest BCUT2D eigenvalue weighted by atomic mass is 9.72. The van der Waals surface area contributed by atoms with E-state index in [0.717, 1.165) is 35.4 Å². The minimum Gasteiger partial charge on any atom is -0.446 e. The molecule has 2 aliphatic carbocycles. The molecule has 1 aromatic heterocycles. The fourth-order valence-corrected chi connectivity index (χ4v) is 4.58. The number of rotatable bonds is 0. The lowest BCUT2D eigenvalue weighted by Crippen LogP contribution is -2.35. The smallest absolute Gasteiger partial charge is 0.191 e. The first-order chi connectivity index (χ1) is 9.62. The topological polar surface area (TPSA) is 43.1 Å². The Hall–Kier alpha value is -1.42. The van der Waals surface area contributed by atoms with E-state index in [2.05, 4.69) is 20.9 Å². The number of Topliss-reactive ketones (excluding diaryl/α,β-unsaturated/α-hetero) is 1. The van der Waals surface area contributed by atoms with Gasteiger partial charge < -0.3 is 4.42 Å². The molecule has 3 nitrogen and oxygen atoms in total. The van der Waals surface area contributed by atoms with Crippen LogP contribution in [-0.2, 0) is 12.8 Å². The molecule has 0 saturated heterocycles. The molecular formula is C16H14BrNO2. The average Bonchev–Trinajstić information content (AvgIpc) is 2.92. The number of nitrogens with zero attached hydrogens (tertiary/aromatic N) is 1. The Labute approximate surface area is 125 Å². The molecule has 4 rings (SSSR count). The number of aryl methyl sites for hydroxylation is 2. The summed E-state index contributed by atoms with van der Waals surface area (Å²) in [5.74, 6) is 1.83. The number of ketones is 1. The van der Waals surface area contributed by atoms with Crippen LogP contribution in [0.3, 0.4) is 0 Å². The summed E-state index contributed by atoms with van der Waals surface area (Å²) in [6.07, 6.45) is 2.29. The molecule has 1 spiro atoms. The van der Waals surface area contributed by atoms with Gasteiger partial charge >= 0.3 is 0 Å². The number of benzene rings is 1. The Balaban J connectivity index is 1.83. The van der Waals surface area contributed by atoms with Crippen LogP contribution in [0.4, 0.5) is 0 Å². The third-order valence-electron chi connectivity index (χ3n) is 4.58. The molecule has 0 saturated carbocycles. The van der Waals surface area contributed by atoms with Crippen LogP contribution in [0, 0.1) is 12.3 Å². The summed E-state index contributed by atoms with van der Waals surface area (Å²) >= 11 is 3.77. The fourth-order valence-electron chi connectivity index (χ4n) is 3.58. The van der Waals surface area contributed by atoms with E-state index in [9.17, 15) is 4.79 Å². The van der Waals surface area contributed by atoms with E-state index in [0.29, 0.717) is 12.3 Å². The average molecular weight is 332 g/mol. The van der Waals surface area contributed by atoms with Crippen LogP contribution in [0.15, 0.2) is 28.7 Å². The summed E-state index contributed by atoms with van der Waals surface area (Å²) in [5, 5.41) is 0. The van der Waals surface area contributed by atoms with E-state index in [1.54, 1.807) is 0 Å². The summed E-state index contributed by atoms with van der Waals surface area (Å²) in [7, 11) is 0. The molecule has 0 aliphatic heterocycles. The van der Waals surface area contributed by atoms with Crippen LogP contribution in [0.25, 0.3) is 0 Å². The van der Waals surface area contributed by atoms with Gasteiger partial charge in [0, 0.05) is 18.9 Å². The van der Waals surface area contributed by atoms with E-state index >= 15 is 0 Å². The Morgan fingerprint density at radius 2 is 2.20 bits per heavy atom. The second-order valence-corrected chi connectivity index (χ2v) is 6.63. The van der Waals surface area contributed by atoms with Gasteiger partial charge in [-0.1, -0.05) is 40.2 Å². The molecule has 20 heavy (non-hydrogen) atoms. The van der Waals surface area contributed by atoms with Crippen molar-refractivity contribution in [2.75, 3.05) is 0 Å². The first-order valence-corrected chi connectivity index (χ1v) is 7.76. The minimum atomic E-state index is -0.400. The van der Waals surface area contributed by atoms with Crippen molar-refractivity contribution in [3.63, 3.8) is 0 Å². The second kappa shape index (κ2) is 4.04. The van der Waals surface area contributed by atoms with Gasteiger partial charge in [0.05, 0.1) is 15.9 Å². The predicted molar refractivity (Wildman–Crippen MR) is 78.1 cm³/mol. The van der Waals surface area contributed by atoms with Crippen molar-refractivity contribution < 1.29 is 9.21 Å². The number of carbonyl (C=O) groups is 1. The molecule has 2 unspecified atom stereocenters. The number of hydrogen-bond acceptors (Lipinski definition) is 3. The zero-order valence-corrected chi connectivity index (χ0v) is 12.7. The van der Waals surface area contributed by atoms with Gasteiger partial charge in [0.25, 0.3) is 0 Å². The van der Waals surface area contributed by atoms with Crippen molar-refractivity contribution in [3.05, 3.63) is 52.7 Å². The number of halogens is 1. The molecule has 102 valence electrons. The number of alkyl halides is 1. The van der Waals surface area contributed by atoms with Crippen LogP contribution in [0.2, 0.25) is 0 Å². The molecule has 2 aliphatic rings. The van der Waals surface area contributed by atoms with Crippen LogP contribution >= 0.6 is 15.9 Å². The van der Waals surface area contributed by atoms with Gasteiger partial charge in [-0.05, 0) is 18.4 Å². The molecule has 0 radical (unpaired) electrons. The van der Waals surface area contributed by atoms with Crippen molar-refractivity contribution in [2.45, 2.75) is 31.0 Å². The number of oxazole rings is 1. The van der Waals surface area contributed by atoms with E-state index in [1.165, 1.54) is 0 Å². The lowest BCUT2D eigenvalue weighted by Gasteiger charge is -2.33. The van der Waals surface area contributed by atoms with E-state index in [4.69, 9.17) is 4.42 Å². The van der Waals surface area contributed by atoms with Gasteiger partial charge in [0.1, 0.15) is 5.76 Å². The van der Waals surface area contributed by atoms with Gasteiger partial charge in [-0.3, -0.25) is 4.79 Å². The normalized spacial score (nSPS) is 27.7. The van der Waals surface area contributed by atoms with Crippen molar-refractivity contribution in [2.24, 2.45) is 5.41 Å². The van der Waals surface area contributed by atoms with Gasteiger partial charge in [-0.25, -0.2) is 4.98 Å². The minimum absolute atomic E-state index is 0.0669. The fraction of sp³-hybridized carbons (Fsp3) is 0.375. The highest BCUT2D eigenvalue weighted by Gasteiger charge is 2.54. The lowest BCUT2D eigenvalue weighted by molar-refractivity contribution is 0.0780. The van der Waals surface area contributed by atoms with Crippen LogP contribution < -0.4 is 0 Å². The number of carbonyl (C=O) groups excluding carboxylic acids is 1. The third kappa shape index (κ3) is 1.46. The Bertz CT molecular complexity index is 721. The largest absolute Gasteiger partial charge is 0.446 e. The maximum Gasteiger partial charge on any atom is 0.191 e. The standard InChI is InChI=1S/C16H14BrNO2/c1-9-18-12-6-7-16(8-13(12)20-9)14(17)10-4-2-3-5-11(10)15(16)19/h2-5,14H,6-8H2,1H3. The molecule has 0 bridgehead atoms. The first-order valence-electron chi connectivity index (χ1n) is 6.85. The van der Waals surface area contributed by atoms with E-state index < -0.39 is 5.41 Å². The highest BCUT2D eigenvalue weighted by molar-refractivity contribution is 9.09. The monoisotopic (exact) mass is 331 g/mol. The van der Waals surface area contributed by atoms with Crippen LogP contribution in [0.5, 0.6) is 0 Å². The molecule has 2 aromatic rings. The summed E-state index contributed by atoms with van der Waals surface area (Å²) in [4.78, 5) is 17.4. The molecule has 2 atom stereocenters. The number of aromatic nitrogens is 1. The second-order valence-electron chi connectivity index (χ2n) is 5.71. The molecule has 1 heterocycles. The SMILES string of the molecule is Cc1nc2c(o1)CC1(CC2)C(=O)c2ccccc2C1Br. The molecule has 0 fully saturated rings. The number of hydrogen-bond donors (Lipinski definition) is 0. The Kier molecular flexibility index (Phi) is 2.49. The molecule has 4 heteroatoms. The first kappa shape index (κ1) is 12.3. The Morgan fingerprint density at radius 1 is 1.40 bits per heavy atom. The van der Waals surface area contributed by atoms with Gasteiger partial charge in [0.15, 0.2) is 11.7 Å². The van der Waals surface area contributed by atoms with Crippen molar-refractivity contribution in [1.29, 1.82) is 0 Å². The maximum atomic E-state index is 12.9. The zero-order valence-electron chi connectivity index (χ0n) is 11.1. The van der Waals surface area contributed by atoms with Crippen LogP contribution in [-0.4, -0.2) is 10.8 Å². The maximum absolute atomic E-state index is 12.9. The van der Waals surface area contributed by atoms with Gasteiger partial charge in [0.2, 0.25) is 0 Å². The molecule has 0 N–H and O–H groups in total. The summed E-state index contributed by atoms with van der Waals surface area (Å²) in [6.45, 7) is 1.86. The highest BCUT2D eigenvalue weighted by Crippen LogP contribution is 2.56. The predicted octanol–water partition coefficient (Wildman–Crippen LogP) is 3.79. The van der Waals surface area contributed by atoms with E-state index in [-0.39, 0.29) is 10.6 Å². The molecule has 1 aromatic carbocycles. The molecule has 0 amide bonds. The Morgan fingerprint density at radius 3 is 3.00 bits per heavy atom. The van der Waals surface area contributed by atoms with E-state index in [1.807, 2.05) is 31.2 Å². The number of fused-ring (bicyclic) bond motifs is 2. The van der Waals surface area contributed by atoms with Gasteiger partial charge in [-0.15, -0.1) is 0 Å². The van der Waals surface area contributed by atoms with Crippen molar-refractivity contribution in [3.8, 4) is 0 Å². The van der Waals surface area contributed by atoms with Gasteiger partial charge in [-0.2, -0.15) is 0 Å². The quantitative estimate of drug-likeness (QED) is 0.690.